The number of carboxylic acid groups (broad SMARTS) is 1. The molecule has 0 unspecified atom stereocenters. The second-order valence-corrected chi connectivity index (χ2v) is 2.48. The summed E-state index contributed by atoms with van der Waals surface area (Å²) >= 11 is 3.01. The average molecular weight is 309 g/mol. The Morgan fingerprint density at radius 1 is 1.64 bits per heavy atom. The zero-order valence-corrected chi connectivity index (χ0v) is 8.24. The third-order valence-electron chi connectivity index (χ3n) is 0.952. The molecule has 1 aromatic heterocycles. The standard InChI is InChI=1S/C6H4BrNO2.Ag/c7-4-2-1-3-8-5(4)6(9)10;/h1-3H,(H,9,10);/q;+1/p-1. The monoisotopic (exact) mass is 307 g/mol. The van der Waals surface area contributed by atoms with Crippen LogP contribution in [-0.2, 0) is 22.4 Å². The zero-order valence-electron chi connectivity index (χ0n) is 5.18. The first-order chi connectivity index (χ1) is 4.72. The molecule has 0 aliphatic heterocycles. The summed E-state index contributed by atoms with van der Waals surface area (Å²) in [5.41, 5.74) is -0.0671. The van der Waals surface area contributed by atoms with Gasteiger partial charge in [-0.2, -0.15) is 0 Å². The van der Waals surface area contributed by atoms with Crippen molar-refractivity contribution in [3.8, 4) is 0 Å². The van der Waals surface area contributed by atoms with Gasteiger partial charge in [-0.25, -0.2) is 0 Å². The van der Waals surface area contributed by atoms with Crippen LogP contribution in [0.15, 0.2) is 22.8 Å². The first-order valence-electron chi connectivity index (χ1n) is 2.53. The van der Waals surface area contributed by atoms with E-state index in [-0.39, 0.29) is 28.1 Å². The molecule has 0 atom stereocenters. The summed E-state index contributed by atoms with van der Waals surface area (Å²) < 4.78 is 0.440. The Morgan fingerprint density at radius 3 is 2.64 bits per heavy atom. The van der Waals surface area contributed by atoms with Crippen molar-refractivity contribution in [1.29, 1.82) is 0 Å². The Kier molecular flexibility index (Phi) is 4.60. The second kappa shape index (κ2) is 4.66. The molecule has 0 bridgehead atoms. The van der Waals surface area contributed by atoms with Gasteiger partial charge in [-0.15, -0.1) is 0 Å². The maximum atomic E-state index is 10.2. The number of carbonyl (C=O) groups excluding carboxylic acids is 1. The molecule has 1 heterocycles. The first kappa shape index (κ1) is 10.8. The van der Waals surface area contributed by atoms with E-state index in [4.69, 9.17) is 0 Å². The Morgan fingerprint density at radius 2 is 2.27 bits per heavy atom. The molecule has 0 radical (unpaired) electrons. The van der Waals surface area contributed by atoms with Gasteiger partial charge < -0.3 is 9.90 Å². The molecule has 11 heavy (non-hydrogen) atoms. The van der Waals surface area contributed by atoms with Crippen LogP contribution >= 0.6 is 15.9 Å². The molecule has 0 saturated heterocycles. The quantitative estimate of drug-likeness (QED) is 0.697. The molecule has 0 aliphatic rings. The minimum atomic E-state index is -1.27. The van der Waals surface area contributed by atoms with Crippen LogP contribution in [0.5, 0.6) is 0 Å². The molecule has 0 spiro atoms. The van der Waals surface area contributed by atoms with Crippen molar-refractivity contribution < 1.29 is 32.3 Å². The van der Waals surface area contributed by atoms with Crippen molar-refractivity contribution >= 4 is 21.9 Å². The Labute approximate surface area is 87.5 Å². The number of aromatic nitrogens is 1. The van der Waals surface area contributed by atoms with E-state index in [9.17, 15) is 9.90 Å². The molecular formula is C6H3AgBrNO2. The molecule has 5 heteroatoms. The molecule has 1 aromatic rings. The molecule has 0 aromatic carbocycles. The van der Waals surface area contributed by atoms with Crippen LogP contribution in [0.1, 0.15) is 10.5 Å². The van der Waals surface area contributed by atoms with Gasteiger partial charge in [0.05, 0.1) is 11.7 Å². The van der Waals surface area contributed by atoms with E-state index in [0.29, 0.717) is 4.47 Å². The van der Waals surface area contributed by atoms with E-state index in [1.54, 1.807) is 12.1 Å². The van der Waals surface area contributed by atoms with E-state index in [1.807, 2.05) is 0 Å². The van der Waals surface area contributed by atoms with E-state index in [1.165, 1.54) is 6.20 Å². The number of pyridine rings is 1. The van der Waals surface area contributed by atoms with Crippen LogP contribution in [0.3, 0.4) is 0 Å². The molecule has 62 valence electrons. The summed E-state index contributed by atoms with van der Waals surface area (Å²) in [7, 11) is 0. The Bertz CT molecular complexity index is 267. The largest absolute Gasteiger partial charge is 1.00 e. The van der Waals surface area contributed by atoms with Crippen molar-refractivity contribution in [3.63, 3.8) is 0 Å². The van der Waals surface area contributed by atoms with E-state index in [2.05, 4.69) is 20.9 Å². The third-order valence-corrected chi connectivity index (χ3v) is 1.59. The predicted octanol–water partition coefficient (Wildman–Crippen LogP) is 0.205. The van der Waals surface area contributed by atoms with Gasteiger partial charge in [0, 0.05) is 10.7 Å². The van der Waals surface area contributed by atoms with Crippen LogP contribution in [0.4, 0.5) is 0 Å². The summed E-state index contributed by atoms with van der Waals surface area (Å²) in [6.07, 6.45) is 1.40. The normalized spacial score (nSPS) is 8.45. The van der Waals surface area contributed by atoms with Gasteiger partial charge in [-0.3, -0.25) is 4.98 Å². The molecule has 0 amide bonds. The number of carbonyl (C=O) groups is 1. The molecule has 0 N–H and O–H groups in total. The van der Waals surface area contributed by atoms with Crippen molar-refractivity contribution in [2.45, 2.75) is 0 Å². The molecule has 0 saturated carbocycles. The number of aromatic carboxylic acids is 1. The average Bonchev–Trinajstić information content (AvgIpc) is 1.88. The van der Waals surface area contributed by atoms with E-state index >= 15 is 0 Å². The number of carboxylic acids is 1. The fraction of sp³-hybridized carbons (Fsp3) is 0. The topological polar surface area (TPSA) is 53.0 Å². The summed E-state index contributed by atoms with van der Waals surface area (Å²) in [5, 5.41) is 10.2. The number of hydrogen-bond acceptors (Lipinski definition) is 3. The van der Waals surface area contributed by atoms with Gasteiger partial charge in [0.2, 0.25) is 0 Å². The molecule has 0 aliphatic carbocycles. The first-order valence-corrected chi connectivity index (χ1v) is 3.33. The summed E-state index contributed by atoms with van der Waals surface area (Å²) in [4.78, 5) is 13.8. The van der Waals surface area contributed by atoms with Crippen LogP contribution in [-0.4, -0.2) is 11.0 Å². The second-order valence-electron chi connectivity index (χ2n) is 1.62. The van der Waals surface area contributed by atoms with E-state index in [0.717, 1.165) is 0 Å². The van der Waals surface area contributed by atoms with Crippen molar-refractivity contribution in [3.05, 3.63) is 28.5 Å². The SMILES string of the molecule is O=C([O-])c1ncccc1Br.[Ag+]. The van der Waals surface area contributed by atoms with Crippen LogP contribution in [0, 0.1) is 0 Å². The van der Waals surface area contributed by atoms with Crippen molar-refractivity contribution in [2.75, 3.05) is 0 Å². The maximum Gasteiger partial charge on any atom is 1.00 e. The van der Waals surface area contributed by atoms with Gasteiger partial charge in [0.1, 0.15) is 0 Å². The number of rotatable bonds is 1. The maximum absolute atomic E-state index is 10.2. The minimum absolute atomic E-state index is 0. The van der Waals surface area contributed by atoms with Gasteiger partial charge in [0.25, 0.3) is 0 Å². The molecule has 0 fully saturated rings. The third kappa shape index (κ3) is 2.75. The Balaban J connectivity index is 0.000001000. The molecular weight excluding hydrogens is 306 g/mol. The summed E-state index contributed by atoms with van der Waals surface area (Å²) in [6, 6.07) is 3.23. The number of nitrogens with zero attached hydrogens (tertiary/aromatic N) is 1. The predicted molar refractivity (Wildman–Crippen MR) is 36.3 cm³/mol. The fourth-order valence-corrected chi connectivity index (χ4v) is 0.953. The van der Waals surface area contributed by atoms with Gasteiger partial charge in [0.15, 0.2) is 0 Å². The van der Waals surface area contributed by atoms with E-state index < -0.39 is 5.97 Å². The number of hydrogen-bond donors (Lipinski definition) is 0. The Hall–Kier alpha value is -0.160. The van der Waals surface area contributed by atoms with Crippen molar-refractivity contribution in [2.24, 2.45) is 0 Å². The van der Waals surface area contributed by atoms with Gasteiger partial charge >= 0.3 is 22.4 Å². The van der Waals surface area contributed by atoms with Gasteiger partial charge in [-0.05, 0) is 28.1 Å². The number of halogens is 1. The zero-order chi connectivity index (χ0) is 7.56. The minimum Gasteiger partial charge on any atom is -0.543 e. The van der Waals surface area contributed by atoms with Crippen LogP contribution in [0.25, 0.3) is 0 Å². The fourth-order valence-electron chi connectivity index (χ4n) is 0.536. The van der Waals surface area contributed by atoms with Crippen molar-refractivity contribution in [1.82, 2.24) is 4.98 Å². The molecule has 3 nitrogen and oxygen atoms in total. The summed E-state index contributed by atoms with van der Waals surface area (Å²) in [5.74, 6) is -1.27. The van der Waals surface area contributed by atoms with Crippen LogP contribution in [0.2, 0.25) is 0 Å². The van der Waals surface area contributed by atoms with Crippen LogP contribution < -0.4 is 5.11 Å². The molecule has 1 rings (SSSR count). The smallest absolute Gasteiger partial charge is 0.543 e. The summed E-state index contributed by atoms with van der Waals surface area (Å²) in [6.45, 7) is 0. The van der Waals surface area contributed by atoms with Gasteiger partial charge in [-0.1, -0.05) is 0 Å².